The first-order chi connectivity index (χ1) is 6.50. The van der Waals surface area contributed by atoms with E-state index in [4.69, 9.17) is 22.4 Å². The first kappa shape index (κ1) is 10.9. The van der Waals surface area contributed by atoms with Crippen molar-refractivity contribution in [2.24, 2.45) is 5.73 Å². The van der Waals surface area contributed by atoms with E-state index >= 15 is 0 Å². The van der Waals surface area contributed by atoms with Crippen molar-refractivity contribution in [1.82, 2.24) is 0 Å². The number of carboxylic acid groups (broad SMARTS) is 1. The molecule has 0 saturated heterocycles. The van der Waals surface area contributed by atoms with Gasteiger partial charge in [0.1, 0.15) is 6.67 Å². The van der Waals surface area contributed by atoms with E-state index in [9.17, 15) is 9.18 Å². The molecule has 0 amide bonds. The molecule has 14 heavy (non-hydrogen) atoms. The van der Waals surface area contributed by atoms with Crippen molar-refractivity contribution in [1.29, 1.82) is 0 Å². The second-order valence-electron chi connectivity index (χ2n) is 2.92. The Balaban J connectivity index is 3.19. The molecule has 1 aromatic rings. The molecule has 3 nitrogen and oxygen atoms in total. The van der Waals surface area contributed by atoms with Gasteiger partial charge in [-0.25, -0.2) is 9.18 Å². The van der Waals surface area contributed by atoms with Crippen molar-refractivity contribution in [2.75, 3.05) is 6.67 Å². The standard InChI is InChI=1S/C9H9ClFNO2/c10-7-3-1-2-6(4-7)9(12,5-11)8(13)14/h1-4H,5,12H2,(H,13,14). The van der Waals surface area contributed by atoms with Gasteiger partial charge in [-0.3, -0.25) is 0 Å². The van der Waals surface area contributed by atoms with E-state index in [-0.39, 0.29) is 5.56 Å². The summed E-state index contributed by atoms with van der Waals surface area (Å²) in [7, 11) is 0. The summed E-state index contributed by atoms with van der Waals surface area (Å²) in [6.45, 7) is -1.18. The summed E-state index contributed by atoms with van der Waals surface area (Å²) in [6, 6.07) is 5.86. The summed E-state index contributed by atoms with van der Waals surface area (Å²) in [4.78, 5) is 10.8. The van der Waals surface area contributed by atoms with E-state index < -0.39 is 18.2 Å². The van der Waals surface area contributed by atoms with Gasteiger partial charge in [0.2, 0.25) is 0 Å². The molecular weight excluding hydrogens is 209 g/mol. The van der Waals surface area contributed by atoms with Crippen LogP contribution in [-0.4, -0.2) is 17.8 Å². The van der Waals surface area contributed by atoms with Crippen molar-refractivity contribution in [3.05, 3.63) is 34.9 Å². The van der Waals surface area contributed by atoms with Crippen LogP contribution in [0.3, 0.4) is 0 Å². The number of hydrogen-bond acceptors (Lipinski definition) is 2. The Bertz CT molecular complexity index is 358. The highest BCUT2D eigenvalue weighted by Gasteiger charge is 2.36. The fourth-order valence-electron chi connectivity index (χ4n) is 1.02. The van der Waals surface area contributed by atoms with Crippen molar-refractivity contribution in [2.45, 2.75) is 5.54 Å². The van der Waals surface area contributed by atoms with E-state index in [1.807, 2.05) is 0 Å². The lowest BCUT2D eigenvalue weighted by atomic mass is 9.93. The summed E-state index contributed by atoms with van der Waals surface area (Å²) in [5.41, 5.74) is 3.54. The van der Waals surface area contributed by atoms with Crippen LogP contribution in [-0.2, 0) is 10.3 Å². The molecule has 1 rings (SSSR count). The molecule has 0 fully saturated rings. The number of rotatable bonds is 3. The van der Waals surface area contributed by atoms with E-state index in [0.29, 0.717) is 5.02 Å². The Kier molecular flexibility index (Phi) is 3.08. The van der Waals surface area contributed by atoms with Gasteiger partial charge >= 0.3 is 5.97 Å². The molecular formula is C9H9ClFNO2. The van der Waals surface area contributed by atoms with Gasteiger partial charge in [0.25, 0.3) is 0 Å². The van der Waals surface area contributed by atoms with Crippen LogP contribution in [0.15, 0.2) is 24.3 Å². The molecule has 0 aromatic heterocycles. The minimum atomic E-state index is -2.01. The quantitative estimate of drug-likeness (QED) is 0.808. The summed E-state index contributed by atoms with van der Waals surface area (Å²) >= 11 is 5.64. The van der Waals surface area contributed by atoms with Gasteiger partial charge in [-0.2, -0.15) is 0 Å². The molecule has 1 atom stereocenters. The highest BCUT2D eigenvalue weighted by Crippen LogP contribution is 2.22. The first-order valence-corrected chi connectivity index (χ1v) is 4.23. The number of aliphatic carboxylic acids is 1. The van der Waals surface area contributed by atoms with Crippen LogP contribution < -0.4 is 5.73 Å². The molecule has 0 spiro atoms. The molecule has 1 aromatic carbocycles. The third-order valence-electron chi connectivity index (χ3n) is 1.93. The number of benzene rings is 1. The lowest BCUT2D eigenvalue weighted by Gasteiger charge is -2.21. The van der Waals surface area contributed by atoms with Crippen molar-refractivity contribution >= 4 is 17.6 Å². The number of hydrogen-bond donors (Lipinski definition) is 2. The molecule has 1 unspecified atom stereocenters. The summed E-state index contributed by atoms with van der Waals surface area (Å²) < 4.78 is 12.6. The predicted octanol–water partition coefficient (Wildman–Crippen LogP) is 1.55. The second-order valence-corrected chi connectivity index (χ2v) is 3.36. The number of alkyl halides is 1. The maximum absolute atomic E-state index is 12.6. The number of nitrogens with two attached hydrogens (primary N) is 1. The van der Waals surface area contributed by atoms with Crippen molar-refractivity contribution < 1.29 is 14.3 Å². The van der Waals surface area contributed by atoms with Gasteiger partial charge in [-0.05, 0) is 17.7 Å². The fourth-order valence-corrected chi connectivity index (χ4v) is 1.21. The van der Waals surface area contributed by atoms with Crippen molar-refractivity contribution in [3.8, 4) is 0 Å². The van der Waals surface area contributed by atoms with Gasteiger partial charge < -0.3 is 10.8 Å². The number of carboxylic acids is 1. The molecule has 0 heterocycles. The molecule has 0 saturated carbocycles. The van der Waals surface area contributed by atoms with Crippen LogP contribution in [0.1, 0.15) is 5.56 Å². The third-order valence-corrected chi connectivity index (χ3v) is 2.17. The Morgan fingerprint density at radius 2 is 2.29 bits per heavy atom. The van der Waals surface area contributed by atoms with Crippen LogP contribution in [0, 0.1) is 0 Å². The molecule has 0 radical (unpaired) electrons. The van der Waals surface area contributed by atoms with Gasteiger partial charge in [0.05, 0.1) is 0 Å². The summed E-state index contributed by atoms with van der Waals surface area (Å²) in [6.07, 6.45) is 0. The highest BCUT2D eigenvalue weighted by molar-refractivity contribution is 6.30. The predicted molar refractivity (Wildman–Crippen MR) is 50.9 cm³/mol. The largest absolute Gasteiger partial charge is 0.480 e. The first-order valence-electron chi connectivity index (χ1n) is 3.85. The average Bonchev–Trinajstić information content (AvgIpc) is 2.16. The minimum Gasteiger partial charge on any atom is -0.480 e. The maximum Gasteiger partial charge on any atom is 0.331 e. The Hall–Kier alpha value is -1.13. The molecule has 3 N–H and O–H groups in total. The smallest absolute Gasteiger partial charge is 0.331 e. The lowest BCUT2D eigenvalue weighted by Crippen LogP contribution is -2.46. The fraction of sp³-hybridized carbons (Fsp3) is 0.222. The molecule has 0 aliphatic heterocycles. The van der Waals surface area contributed by atoms with Gasteiger partial charge in [0.15, 0.2) is 5.54 Å². The van der Waals surface area contributed by atoms with Crippen LogP contribution in [0.25, 0.3) is 0 Å². The van der Waals surface area contributed by atoms with Gasteiger partial charge in [0, 0.05) is 5.02 Å². The molecule has 0 aliphatic carbocycles. The average molecular weight is 218 g/mol. The second kappa shape index (κ2) is 3.94. The normalized spacial score (nSPS) is 14.8. The number of carbonyl (C=O) groups is 1. The summed E-state index contributed by atoms with van der Waals surface area (Å²) in [5.74, 6) is -1.41. The Morgan fingerprint density at radius 1 is 1.64 bits per heavy atom. The van der Waals surface area contributed by atoms with E-state index in [2.05, 4.69) is 0 Å². The monoisotopic (exact) mass is 217 g/mol. The topological polar surface area (TPSA) is 63.3 Å². The van der Waals surface area contributed by atoms with Crippen LogP contribution in [0.5, 0.6) is 0 Å². The van der Waals surface area contributed by atoms with Gasteiger partial charge in [-0.1, -0.05) is 23.7 Å². The lowest BCUT2D eigenvalue weighted by molar-refractivity contribution is -0.144. The van der Waals surface area contributed by atoms with E-state index in [1.165, 1.54) is 18.2 Å². The van der Waals surface area contributed by atoms with Crippen molar-refractivity contribution in [3.63, 3.8) is 0 Å². The zero-order valence-electron chi connectivity index (χ0n) is 7.21. The SMILES string of the molecule is NC(CF)(C(=O)O)c1cccc(Cl)c1. The highest BCUT2D eigenvalue weighted by atomic mass is 35.5. The van der Waals surface area contributed by atoms with E-state index in [1.54, 1.807) is 6.07 Å². The zero-order valence-corrected chi connectivity index (χ0v) is 7.96. The van der Waals surface area contributed by atoms with Crippen LogP contribution >= 0.6 is 11.6 Å². The molecule has 76 valence electrons. The molecule has 5 heteroatoms. The minimum absolute atomic E-state index is 0.153. The molecule has 0 aliphatic rings. The third kappa shape index (κ3) is 1.86. The number of halogens is 2. The Morgan fingerprint density at radius 3 is 2.71 bits per heavy atom. The van der Waals surface area contributed by atoms with Gasteiger partial charge in [-0.15, -0.1) is 0 Å². The summed E-state index contributed by atoms with van der Waals surface area (Å²) in [5, 5.41) is 9.09. The molecule has 0 bridgehead atoms. The maximum atomic E-state index is 12.6. The van der Waals surface area contributed by atoms with Crippen LogP contribution in [0.2, 0.25) is 5.02 Å². The van der Waals surface area contributed by atoms with E-state index in [0.717, 1.165) is 0 Å². The van der Waals surface area contributed by atoms with Crippen LogP contribution in [0.4, 0.5) is 4.39 Å². The Labute approximate surface area is 85.3 Å². The zero-order chi connectivity index (χ0) is 10.8.